The molecule has 3 heteroatoms. The fraction of sp³-hybridized carbons (Fsp3) is 0.833. The number of hydrogen-bond donors (Lipinski definition) is 2. The Hall–Kier alpha value is -0.590. The van der Waals surface area contributed by atoms with E-state index in [9.17, 15) is 0 Å². The third-order valence-electron chi connectivity index (χ3n) is 0.979. The Bertz CT molecular complexity index is 97.7. The highest BCUT2D eigenvalue weighted by Crippen LogP contribution is 1.78. The van der Waals surface area contributed by atoms with Gasteiger partial charge in [-0.15, -0.1) is 0 Å². The maximum atomic E-state index is 8.47. The lowest BCUT2D eigenvalue weighted by Gasteiger charge is -2.04. The first-order valence-electron chi connectivity index (χ1n) is 3.09. The Morgan fingerprint density at radius 1 is 1.78 bits per heavy atom. The van der Waals surface area contributed by atoms with Crippen LogP contribution in [0.4, 0.5) is 0 Å². The van der Waals surface area contributed by atoms with E-state index in [4.69, 9.17) is 10.4 Å². The molecule has 9 heavy (non-hydrogen) atoms. The van der Waals surface area contributed by atoms with Crippen LogP contribution in [0, 0.1) is 11.3 Å². The first-order valence-corrected chi connectivity index (χ1v) is 3.09. The van der Waals surface area contributed by atoms with Gasteiger partial charge in [-0.2, -0.15) is 5.26 Å². The van der Waals surface area contributed by atoms with Crippen molar-refractivity contribution < 1.29 is 5.11 Å². The van der Waals surface area contributed by atoms with E-state index in [1.54, 1.807) is 0 Å². The molecule has 52 valence electrons. The lowest BCUT2D eigenvalue weighted by molar-refractivity contribution is 0.267. The first kappa shape index (κ1) is 8.41. The van der Waals surface area contributed by atoms with Crippen molar-refractivity contribution >= 4 is 0 Å². The van der Waals surface area contributed by atoms with Crippen LogP contribution in [0.1, 0.15) is 13.3 Å². The quantitative estimate of drug-likeness (QED) is 0.554. The summed E-state index contributed by atoms with van der Waals surface area (Å²) >= 11 is 0. The highest BCUT2D eigenvalue weighted by atomic mass is 16.3. The number of nitrogens with one attached hydrogen (secondary N) is 1. The van der Waals surface area contributed by atoms with Gasteiger partial charge >= 0.3 is 0 Å². The summed E-state index contributed by atoms with van der Waals surface area (Å²) in [5, 5.41) is 19.6. The third-order valence-corrected chi connectivity index (χ3v) is 0.979. The first-order chi connectivity index (χ1) is 4.35. The van der Waals surface area contributed by atoms with Crippen molar-refractivity contribution in [2.75, 3.05) is 13.2 Å². The van der Waals surface area contributed by atoms with Crippen LogP contribution < -0.4 is 5.32 Å². The number of nitrogens with zero attached hydrogens (tertiary/aromatic N) is 1. The van der Waals surface area contributed by atoms with Gasteiger partial charge in [0.2, 0.25) is 0 Å². The average molecular weight is 128 g/mol. The smallest absolute Gasteiger partial charge is 0.119 e. The van der Waals surface area contributed by atoms with E-state index >= 15 is 0 Å². The van der Waals surface area contributed by atoms with Gasteiger partial charge in [-0.25, -0.2) is 0 Å². The number of hydrogen-bond acceptors (Lipinski definition) is 3. The monoisotopic (exact) mass is 128 g/mol. The number of rotatable bonds is 4. The molecule has 3 nitrogen and oxygen atoms in total. The number of aliphatic hydroxyl groups is 1. The third kappa shape index (κ3) is 3.95. The van der Waals surface area contributed by atoms with Gasteiger partial charge in [-0.1, -0.05) is 6.92 Å². The Morgan fingerprint density at radius 2 is 2.44 bits per heavy atom. The molecule has 0 saturated heterocycles. The molecule has 0 aliphatic heterocycles. The van der Waals surface area contributed by atoms with Crippen molar-refractivity contribution in [1.29, 1.82) is 5.26 Å². The molecule has 0 spiro atoms. The Kier molecular flexibility index (Phi) is 5.18. The number of nitriles is 1. The summed E-state index contributed by atoms with van der Waals surface area (Å²) in [6, 6.07) is 1.54. The zero-order chi connectivity index (χ0) is 7.11. The van der Waals surface area contributed by atoms with Crippen LogP contribution in [0.15, 0.2) is 0 Å². The highest BCUT2D eigenvalue weighted by molar-refractivity contribution is 4.88. The summed E-state index contributed by atoms with van der Waals surface area (Å²) in [6.45, 7) is 2.70. The molecule has 0 aromatic rings. The summed E-state index contributed by atoms with van der Waals surface area (Å²) < 4.78 is 0. The lowest BCUT2D eigenvalue weighted by Crippen LogP contribution is -2.31. The largest absolute Gasteiger partial charge is 0.394 e. The van der Waals surface area contributed by atoms with Crippen LogP contribution >= 0.6 is 0 Å². The van der Waals surface area contributed by atoms with Gasteiger partial charge < -0.3 is 10.4 Å². The highest BCUT2D eigenvalue weighted by Gasteiger charge is 2.00. The molecule has 0 amide bonds. The summed E-state index contributed by atoms with van der Waals surface area (Å²) in [7, 11) is 0. The molecule has 0 aliphatic carbocycles. The molecule has 0 aromatic heterocycles. The molecule has 0 radical (unpaired) electrons. The van der Waals surface area contributed by atoms with Gasteiger partial charge in [0.25, 0.3) is 0 Å². The van der Waals surface area contributed by atoms with E-state index in [2.05, 4.69) is 5.32 Å². The van der Waals surface area contributed by atoms with Crippen LogP contribution in [0.3, 0.4) is 0 Å². The van der Waals surface area contributed by atoms with E-state index in [-0.39, 0.29) is 12.6 Å². The van der Waals surface area contributed by atoms with Crippen molar-refractivity contribution in [3.05, 3.63) is 0 Å². The van der Waals surface area contributed by atoms with Crippen molar-refractivity contribution in [3.8, 4) is 6.07 Å². The topological polar surface area (TPSA) is 56.0 Å². The Balaban J connectivity index is 3.23. The molecule has 0 heterocycles. The maximum absolute atomic E-state index is 8.47. The predicted molar refractivity (Wildman–Crippen MR) is 34.8 cm³/mol. The molecule has 0 rings (SSSR count). The Labute approximate surface area is 55.3 Å². The lowest BCUT2D eigenvalue weighted by atomic mass is 10.3. The fourth-order valence-electron chi connectivity index (χ4n) is 0.470. The van der Waals surface area contributed by atoms with Gasteiger partial charge in [0.15, 0.2) is 0 Å². The minimum Gasteiger partial charge on any atom is -0.394 e. The molecule has 0 fully saturated rings. The van der Waals surface area contributed by atoms with Crippen molar-refractivity contribution in [2.45, 2.75) is 19.4 Å². The Morgan fingerprint density at radius 3 is 2.78 bits per heavy atom. The molecular weight excluding hydrogens is 116 g/mol. The molecular formula is C6H12N2O. The van der Waals surface area contributed by atoms with Gasteiger partial charge in [-0.3, -0.25) is 0 Å². The van der Waals surface area contributed by atoms with Gasteiger partial charge in [0, 0.05) is 0 Å². The zero-order valence-corrected chi connectivity index (χ0v) is 5.59. The van der Waals surface area contributed by atoms with Crippen molar-refractivity contribution in [3.63, 3.8) is 0 Å². The SMILES string of the molecule is CCCNC(C#N)CO. The second-order valence-electron chi connectivity index (χ2n) is 1.82. The van der Waals surface area contributed by atoms with Crippen molar-refractivity contribution in [1.82, 2.24) is 5.32 Å². The van der Waals surface area contributed by atoms with Gasteiger partial charge in [-0.05, 0) is 13.0 Å². The van der Waals surface area contributed by atoms with Crippen molar-refractivity contribution in [2.24, 2.45) is 0 Å². The standard InChI is InChI=1S/C6H12N2O/c1-2-3-8-6(4-7)5-9/h6,8-9H,2-3,5H2,1H3. The molecule has 1 unspecified atom stereocenters. The van der Waals surface area contributed by atoms with Crippen LogP contribution in [-0.2, 0) is 0 Å². The van der Waals surface area contributed by atoms with E-state index < -0.39 is 0 Å². The van der Waals surface area contributed by atoms with E-state index in [1.165, 1.54) is 0 Å². The van der Waals surface area contributed by atoms with Gasteiger partial charge in [0.05, 0.1) is 12.7 Å². The average Bonchev–Trinajstić information content (AvgIpc) is 1.91. The second-order valence-corrected chi connectivity index (χ2v) is 1.82. The summed E-state index contributed by atoms with van der Waals surface area (Å²) in [4.78, 5) is 0. The summed E-state index contributed by atoms with van der Waals surface area (Å²) in [6.07, 6.45) is 0.984. The normalized spacial score (nSPS) is 12.6. The van der Waals surface area contributed by atoms with E-state index in [0.717, 1.165) is 13.0 Å². The second kappa shape index (κ2) is 5.54. The minimum absolute atomic E-state index is 0.101. The van der Waals surface area contributed by atoms with Crippen LogP contribution in [0.2, 0.25) is 0 Å². The maximum Gasteiger partial charge on any atom is 0.119 e. The molecule has 0 aliphatic rings. The molecule has 0 aromatic carbocycles. The van der Waals surface area contributed by atoms with E-state index in [0.29, 0.717) is 0 Å². The van der Waals surface area contributed by atoms with Crippen LogP contribution in [0.5, 0.6) is 0 Å². The molecule has 1 atom stereocenters. The summed E-state index contributed by atoms with van der Waals surface area (Å²) in [5.41, 5.74) is 0. The van der Waals surface area contributed by atoms with E-state index in [1.807, 2.05) is 13.0 Å². The summed E-state index contributed by atoms with van der Waals surface area (Å²) in [5.74, 6) is 0. The predicted octanol–water partition coefficient (Wildman–Crippen LogP) is -0.130. The fourth-order valence-corrected chi connectivity index (χ4v) is 0.470. The minimum atomic E-state index is -0.384. The molecule has 2 N–H and O–H groups in total. The molecule has 0 bridgehead atoms. The zero-order valence-electron chi connectivity index (χ0n) is 5.59. The number of aliphatic hydroxyl groups excluding tert-OH is 1. The van der Waals surface area contributed by atoms with Gasteiger partial charge in [0.1, 0.15) is 6.04 Å². The van der Waals surface area contributed by atoms with Crippen LogP contribution in [-0.4, -0.2) is 24.3 Å². The van der Waals surface area contributed by atoms with Crippen LogP contribution in [0.25, 0.3) is 0 Å². The molecule has 0 saturated carbocycles.